The van der Waals surface area contributed by atoms with Gasteiger partial charge in [0.15, 0.2) is 10.9 Å². The second kappa shape index (κ2) is 3.93. The van der Waals surface area contributed by atoms with Crippen LogP contribution in [0.3, 0.4) is 0 Å². The Labute approximate surface area is 94.1 Å². The standard InChI is InChI=1S/C11H16N2OS/c1-7-4-5-13(6-7)11-12-10(8(2)14)9(3)15-11/h7H,4-6H2,1-3H3. The minimum absolute atomic E-state index is 0.0715. The fourth-order valence-corrected chi connectivity index (χ4v) is 2.94. The molecule has 1 atom stereocenters. The van der Waals surface area contributed by atoms with Gasteiger partial charge in [-0.2, -0.15) is 0 Å². The zero-order valence-corrected chi connectivity index (χ0v) is 10.2. The van der Waals surface area contributed by atoms with Crippen molar-refractivity contribution in [3.8, 4) is 0 Å². The number of ketones is 1. The fraction of sp³-hybridized carbons (Fsp3) is 0.636. The molecule has 1 aliphatic rings. The van der Waals surface area contributed by atoms with Gasteiger partial charge in [0.1, 0.15) is 5.69 Å². The summed E-state index contributed by atoms with van der Waals surface area (Å²) in [7, 11) is 0. The molecule has 0 aromatic carbocycles. The van der Waals surface area contributed by atoms with Gasteiger partial charge in [-0.05, 0) is 19.3 Å². The van der Waals surface area contributed by atoms with Crippen molar-refractivity contribution in [3.63, 3.8) is 0 Å². The first kappa shape index (κ1) is 10.6. The second-order valence-corrected chi connectivity index (χ2v) is 5.48. The van der Waals surface area contributed by atoms with Crippen LogP contribution in [-0.2, 0) is 0 Å². The molecule has 4 heteroatoms. The average molecular weight is 224 g/mol. The monoisotopic (exact) mass is 224 g/mol. The van der Waals surface area contributed by atoms with Crippen LogP contribution in [0.1, 0.15) is 35.6 Å². The molecule has 2 heterocycles. The third-order valence-corrected chi connectivity index (χ3v) is 3.84. The van der Waals surface area contributed by atoms with E-state index in [-0.39, 0.29) is 5.78 Å². The van der Waals surface area contributed by atoms with Crippen molar-refractivity contribution < 1.29 is 4.79 Å². The highest BCUT2D eigenvalue weighted by Crippen LogP contribution is 2.29. The van der Waals surface area contributed by atoms with E-state index in [1.54, 1.807) is 18.3 Å². The maximum atomic E-state index is 11.3. The predicted molar refractivity (Wildman–Crippen MR) is 62.8 cm³/mol. The van der Waals surface area contributed by atoms with Gasteiger partial charge in [0.25, 0.3) is 0 Å². The molecule has 0 radical (unpaired) electrons. The molecule has 0 aliphatic carbocycles. The van der Waals surface area contributed by atoms with Crippen molar-refractivity contribution >= 4 is 22.3 Å². The Kier molecular flexibility index (Phi) is 2.78. The molecule has 3 nitrogen and oxygen atoms in total. The molecule has 1 fully saturated rings. The van der Waals surface area contributed by atoms with E-state index in [1.807, 2.05) is 6.92 Å². The Morgan fingerprint density at radius 1 is 1.60 bits per heavy atom. The fourth-order valence-electron chi connectivity index (χ4n) is 1.95. The number of hydrogen-bond donors (Lipinski definition) is 0. The first-order valence-corrected chi connectivity index (χ1v) is 6.13. The number of rotatable bonds is 2. The lowest BCUT2D eigenvalue weighted by Gasteiger charge is -2.13. The van der Waals surface area contributed by atoms with E-state index in [9.17, 15) is 4.79 Å². The maximum Gasteiger partial charge on any atom is 0.186 e. The average Bonchev–Trinajstić information content (AvgIpc) is 2.71. The van der Waals surface area contributed by atoms with Gasteiger partial charge in [-0.25, -0.2) is 4.98 Å². The Balaban J connectivity index is 2.23. The highest BCUT2D eigenvalue weighted by Gasteiger charge is 2.23. The van der Waals surface area contributed by atoms with E-state index >= 15 is 0 Å². The zero-order valence-electron chi connectivity index (χ0n) is 9.41. The Bertz CT molecular complexity index is 386. The van der Waals surface area contributed by atoms with E-state index in [0.29, 0.717) is 5.69 Å². The number of carbonyl (C=O) groups is 1. The molecular formula is C11H16N2OS. The van der Waals surface area contributed by atoms with Gasteiger partial charge in [0, 0.05) is 24.9 Å². The normalized spacial score (nSPS) is 21.0. The summed E-state index contributed by atoms with van der Waals surface area (Å²) in [6.45, 7) is 7.96. The second-order valence-electron chi connectivity index (χ2n) is 4.30. The number of hydrogen-bond acceptors (Lipinski definition) is 4. The van der Waals surface area contributed by atoms with Crippen molar-refractivity contribution in [2.24, 2.45) is 5.92 Å². The largest absolute Gasteiger partial charge is 0.348 e. The summed E-state index contributed by atoms with van der Waals surface area (Å²) in [6, 6.07) is 0. The molecule has 82 valence electrons. The van der Waals surface area contributed by atoms with Crippen LogP contribution in [0, 0.1) is 12.8 Å². The highest BCUT2D eigenvalue weighted by atomic mass is 32.1. The Morgan fingerprint density at radius 3 is 2.80 bits per heavy atom. The van der Waals surface area contributed by atoms with Gasteiger partial charge < -0.3 is 4.90 Å². The van der Waals surface area contributed by atoms with E-state index in [0.717, 1.165) is 29.0 Å². The zero-order chi connectivity index (χ0) is 11.0. The topological polar surface area (TPSA) is 33.2 Å². The van der Waals surface area contributed by atoms with Crippen LogP contribution in [0.25, 0.3) is 0 Å². The summed E-state index contributed by atoms with van der Waals surface area (Å²) in [5.74, 6) is 0.817. The summed E-state index contributed by atoms with van der Waals surface area (Å²) in [4.78, 5) is 19.0. The summed E-state index contributed by atoms with van der Waals surface area (Å²) < 4.78 is 0. The lowest BCUT2D eigenvalue weighted by Crippen LogP contribution is -2.18. The van der Waals surface area contributed by atoms with E-state index < -0.39 is 0 Å². The molecule has 1 unspecified atom stereocenters. The van der Waals surface area contributed by atoms with Crippen LogP contribution >= 0.6 is 11.3 Å². The van der Waals surface area contributed by atoms with Gasteiger partial charge >= 0.3 is 0 Å². The van der Waals surface area contributed by atoms with Gasteiger partial charge in [0.2, 0.25) is 0 Å². The molecule has 0 amide bonds. The smallest absolute Gasteiger partial charge is 0.186 e. The van der Waals surface area contributed by atoms with Crippen LogP contribution in [0.2, 0.25) is 0 Å². The maximum absolute atomic E-state index is 11.3. The van der Waals surface area contributed by atoms with Crippen LogP contribution in [-0.4, -0.2) is 23.9 Å². The minimum Gasteiger partial charge on any atom is -0.348 e. The molecule has 0 saturated carbocycles. The Morgan fingerprint density at radius 2 is 2.33 bits per heavy atom. The molecule has 0 bridgehead atoms. The molecule has 0 N–H and O–H groups in total. The van der Waals surface area contributed by atoms with Gasteiger partial charge in [0.05, 0.1) is 0 Å². The molecule has 0 spiro atoms. The van der Waals surface area contributed by atoms with E-state index in [2.05, 4.69) is 16.8 Å². The molecule has 1 aromatic rings. The third kappa shape index (κ3) is 2.04. The Hall–Kier alpha value is -0.900. The SMILES string of the molecule is CC(=O)c1nc(N2CCC(C)C2)sc1C. The molecule has 1 aliphatic heterocycles. The molecular weight excluding hydrogens is 208 g/mol. The first-order chi connectivity index (χ1) is 7.08. The van der Waals surface area contributed by atoms with Crippen LogP contribution in [0.15, 0.2) is 0 Å². The van der Waals surface area contributed by atoms with Crippen molar-refractivity contribution in [2.75, 3.05) is 18.0 Å². The lowest BCUT2D eigenvalue weighted by atomic mass is 10.2. The summed E-state index contributed by atoms with van der Waals surface area (Å²) in [6.07, 6.45) is 1.23. The molecule has 2 rings (SSSR count). The van der Waals surface area contributed by atoms with Gasteiger partial charge in [-0.1, -0.05) is 6.92 Å². The van der Waals surface area contributed by atoms with E-state index in [1.165, 1.54) is 6.42 Å². The number of carbonyl (C=O) groups excluding carboxylic acids is 1. The number of aryl methyl sites for hydroxylation is 1. The van der Waals surface area contributed by atoms with E-state index in [4.69, 9.17) is 0 Å². The summed E-state index contributed by atoms with van der Waals surface area (Å²) in [5.41, 5.74) is 0.648. The lowest BCUT2D eigenvalue weighted by molar-refractivity contribution is 0.101. The highest BCUT2D eigenvalue weighted by molar-refractivity contribution is 7.15. The quantitative estimate of drug-likeness (QED) is 0.724. The van der Waals surface area contributed by atoms with Crippen LogP contribution < -0.4 is 4.90 Å². The van der Waals surface area contributed by atoms with Gasteiger partial charge in [-0.3, -0.25) is 4.79 Å². The van der Waals surface area contributed by atoms with Crippen molar-refractivity contribution in [2.45, 2.75) is 27.2 Å². The predicted octanol–water partition coefficient (Wildman–Crippen LogP) is 2.50. The molecule has 15 heavy (non-hydrogen) atoms. The van der Waals surface area contributed by atoms with Crippen molar-refractivity contribution in [1.29, 1.82) is 0 Å². The molecule has 1 aromatic heterocycles. The van der Waals surface area contributed by atoms with Crippen LogP contribution in [0.5, 0.6) is 0 Å². The minimum atomic E-state index is 0.0715. The van der Waals surface area contributed by atoms with Gasteiger partial charge in [-0.15, -0.1) is 11.3 Å². The van der Waals surface area contributed by atoms with Crippen molar-refractivity contribution in [1.82, 2.24) is 4.98 Å². The number of nitrogens with zero attached hydrogens (tertiary/aromatic N) is 2. The number of Topliss-reactive ketones (excluding diaryl/α,β-unsaturated/α-hetero) is 1. The third-order valence-electron chi connectivity index (χ3n) is 2.81. The first-order valence-electron chi connectivity index (χ1n) is 5.31. The number of thiazole rings is 1. The summed E-state index contributed by atoms with van der Waals surface area (Å²) in [5, 5.41) is 1.02. The summed E-state index contributed by atoms with van der Waals surface area (Å²) >= 11 is 1.64. The molecule has 1 saturated heterocycles. The van der Waals surface area contributed by atoms with Crippen molar-refractivity contribution in [3.05, 3.63) is 10.6 Å². The van der Waals surface area contributed by atoms with Crippen LogP contribution in [0.4, 0.5) is 5.13 Å². The number of aromatic nitrogens is 1. The number of anilines is 1.